The van der Waals surface area contributed by atoms with Gasteiger partial charge in [0.15, 0.2) is 17.3 Å². The van der Waals surface area contributed by atoms with Gasteiger partial charge in [-0.25, -0.2) is 15.0 Å². The van der Waals surface area contributed by atoms with Gasteiger partial charge >= 0.3 is 0 Å². The van der Waals surface area contributed by atoms with Gasteiger partial charge in [0, 0.05) is 14.2 Å². The van der Waals surface area contributed by atoms with Crippen LogP contribution in [0.2, 0.25) is 0 Å². The molecule has 294 valence electrons. The van der Waals surface area contributed by atoms with E-state index < -0.39 is 35.6 Å². The van der Waals surface area contributed by atoms with Gasteiger partial charge in [0.25, 0.3) is 0 Å². The van der Waals surface area contributed by atoms with Crippen LogP contribution in [0.25, 0.3) is 11.2 Å². The molecule has 0 amide bonds. The average molecular weight is 780 g/mol. The van der Waals surface area contributed by atoms with Gasteiger partial charge in [-0.1, -0.05) is 182 Å². The van der Waals surface area contributed by atoms with Crippen LogP contribution in [-0.4, -0.2) is 59.1 Å². The molecule has 1 fully saturated rings. The van der Waals surface area contributed by atoms with Crippen LogP contribution in [0.1, 0.15) is 45.3 Å². The van der Waals surface area contributed by atoms with Crippen molar-refractivity contribution in [3.05, 3.63) is 228 Å². The third-order valence-electron chi connectivity index (χ3n) is 11.3. The summed E-state index contributed by atoms with van der Waals surface area (Å²) in [4.78, 5) is 18.2. The number of rotatable bonds is 14. The van der Waals surface area contributed by atoms with E-state index in [1.165, 1.54) is 0 Å². The number of anilines is 1. The Balaban J connectivity index is 1.12. The quantitative estimate of drug-likeness (QED) is 0.105. The largest absolute Gasteiger partial charge is 0.376 e. The number of nitrogens with one attached hydrogen (secondary N) is 2. The van der Waals surface area contributed by atoms with Crippen molar-refractivity contribution in [3.8, 4) is 0 Å². The summed E-state index contributed by atoms with van der Waals surface area (Å²) in [6.07, 6.45) is -0.716. The number of nitrogens with zero attached hydrogens (tertiary/aromatic N) is 3. The van der Waals surface area contributed by atoms with Crippen molar-refractivity contribution < 1.29 is 18.9 Å². The maximum absolute atomic E-state index is 7.25. The minimum atomic E-state index is -0.954. The number of aromatic nitrogens is 4. The van der Waals surface area contributed by atoms with Crippen LogP contribution >= 0.6 is 0 Å². The van der Waals surface area contributed by atoms with Gasteiger partial charge in [0.05, 0.1) is 12.9 Å². The fourth-order valence-corrected chi connectivity index (χ4v) is 8.61. The fourth-order valence-electron chi connectivity index (χ4n) is 8.61. The zero-order valence-electron chi connectivity index (χ0n) is 32.9. The second kappa shape index (κ2) is 16.8. The van der Waals surface area contributed by atoms with Crippen molar-refractivity contribution in [3.63, 3.8) is 0 Å². The highest BCUT2D eigenvalue weighted by molar-refractivity contribution is 5.84. The number of hydrogen-bond acceptors (Lipinski definition) is 8. The van der Waals surface area contributed by atoms with E-state index in [4.69, 9.17) is 33.9 Å². The van der Waals surface area contributed by atoms with E-state index in [0.717, 1.165) is 33.4 Å². The molecule has 3 heterocycles. The number of hydrogen-bond donors (Lipinski definition) is 2. The van der Waals surface area contributed by atoms with Crippen molar-refractivity contribution in [1.29, 1.82) is 0 Å². The number of H-pyrrole nitrogens is 1. The van der Waals surface area contributed by atoms with Crippen molar-refractivity contribution in [2.24, 2.45) is 0 Å². The summed E-state index contributed by atoms with van der Waals surface area (Å²) >= 11 is 0. The van der Waals surface area contributed by atoms with Gasteiger partial charge in [-0.05, 0) is 33.4 Å². The summed E-state index contributed by atoms with van der Waals surface area (Å²) in [6.45, 7) is 0.171. The van der Waals surface area contributed by atoms with E-state index in [-0.39, 0.29) is 6.61 Å². The second-order valence-electron chi connectivity index (χ2n) is 14.6. The Morgan fingerprint density at radius 1 is 0.559 bits per heavy atom. The molecule has 9 nitrogen and oxygen atoms in total. The molecule has 1 aliphatic rings. The van der Waals surface area contributed by atoms with E-state index in [9.17, 15) is 0 Å². The Bertz CT molecular complexity index is 2370. The molecule has 1 aliphatic heterocycles. The van der Waals surface area contributed by atoms with E-state index >= 15 is 0 Å². The monoisotopic (exact) mass is 779 g/mol. The van der Waals surface area contributed by atoms with E-state index in [1.807, 2.05) is 72.8 Å². The Kier molecular flexibility index (Phi) is 10.8. The lowest BCUT2D eigenvalue weighted by Gasteiger charge is -2.37. The first-order valence-corrected chi connectivity index (χ1v) is 19.8. The third kappa shape index (κ3) is 6.98. The number of aromatic amines is 1. The summed E-state index contributed by atoms with van der Waals surface area (Å²) < 4.78 is 26.6. The summed E-state index contributed by atoms with van der Waals surface area (Å²) in [6, 6.07) is 62.1. The highest BCUT2D eigenvalue weighted by Crippen LogP contribution is 2.44. The number of imidazole rings is 1. The molecule has 2 aromatic heterocycles. The van der Waals surface area contributed by atoms with E-state index in [2.05, 4.69) is 119 Å². The van der Waals surface area contributed by atoms with E-state index in [0.29, 0.717) is 22.8 Å². The molecule has 9 heteroatoms. The minimum Gasteiger partial charge on any atom is -0.376 e. The Hall–Kier alpha value is -6.49. The molecule has 0 bridgehead atoms. The van der Waals surface area contributed by atoms with Crippen LogP contribution in [0, 0.1) is 0 Å². The molecular weight excluding hydrogens is 735 g/mol. The Morgan fingerprint density at radius 3 is 1.41 bits per heavy atom. The summed E-state index contributed by atoms with van der Waals surface area (Å²) in [5.41, 5.74) is 5.41. The summed E-state index contributed by atoms with van der Waals surface area (Å²) in [7, 11) is 3.34. The molecule has 1 saturated heterocycles. The van der Waals surface area contributed by atoms with Gasteiger partial charge in [-0.2, -0.15) is 0 Å². The maximum atomic E-state index is 7.25. The van der Waals surface area contributed by atoms with Gasteiger partial charge < -0.3 is 29.2 Å². The number of fused-ring (bicyclic) bond motifs is 1. The van der Waals surface area contributed by atoms with Crippen molar-refractivity contribution in [2.45, 2.75) is 35.6 Å². The SMILES string of the molecule is CO[C@H]1[C@H](OC)[C@@H](COC(c2ccccc2)(c2ccccc2)c2ccccc2)O[C@@H]1c1nc(NC(c2ccccc2)(c2ccccc2)c2ccccc2)c2nc[nH]c2n1. The molecule has 0 aliphatic carbocycles. The first-order chi connectivity index (χ1) is 29.2. The number of methoxy groups -OCH3 is 2. The van der Waals surface area contributed by atoms with E-state index in [1.54, 1.807) is 20.5 Å². The molecule has 0 saturated carbocycles. The lowest BCUT2D eigenvalue weighted by atomic mass is 9.77. The summed E-state index contributed by atoms with van der Waals surface area (Å²) in [5.74, 6) is 0.954. The zero-order chi connectivity index (χ0) is 40.1. The topological polar surface area (TPSA) is 103 Å². The van der Waals surface area contributed by atoms with Crippen molar-refractivity contribution in [1.82, 2.24) is 19.9 Å². The second-order valence-corrected chi connectivity index (χ2v) is 14.6. The molecule has 0 unspecified atom stereocenters. The fraction of sp³-hybridized carbons (Fsp3) is 0.180. The van der Waals surface area contributed by atoms with Crippen LogP contribution in [0.4, 0.5) is 5.82 Å². The molecule has 4 atom stereocenters. The first kappa shape index (κ1) is 38.1. The van der Waals surface area contributed by atoms with Gasteiger partial charge in [-0.15, -0.1) is 0 Å². The predicted octanol–water partition coefficient (Wildman–Crippen LogP) is 9.24. The molecular formula is C50H45N5O4. The van der Waals surface area contributed by atoms with Crippen LogP contribution in [0.5, 0.6) is 0 Å². The maximum Gasteiger partial charge on any atom is 0.164 e. The standard InChI is InChI=1S/C50H45N5O4/c1-56-43-41(33-58-50(38-27-15-6-16-28-38,39-29-17-7-18-30-39)40-31-19-8-20-32-40)59-45(44(43)57-2)48-53-46-42(51-34-52-46)47(54-48)55-49(35-21-9-3-10-22-35,36-23-11-4-12-24-36)37-25-13-5-14-26-37/h3-32,34,41,43-45H,33H2,1-2H3,(H2,51,52,53,54,55)/t41-,43-,44+,45+/m1/s1. The molecule has 8 aromatic rings. The van der Waals surface area contributed by atoms with Crippen molar-refractivity contribution >= 4 is 17.0 Å². The van der Waals surface area contributed by atoms with Crippen molar-refractivity contribution in [2.75, 3.05) is 26.1 Å². The first-order valence-electron chi connectivity index (χ1n) is 19.8. The lowest BCUT2D eigenvalue weighted by molar-refractivity contribution is -0.0902. The molecule has 2 N–H and O–H groups in total. The van der Waals surface area contributed by atoms with Gasteiger partial charge in [0.2, 0.25) is 0 Å². The Morgan fingerprint density at radius 2 is 0.983 bits per heavy atom. The highest BCUT2D eigenvalue weighted by Gasteiger charge is 2.50. The predicted molar refractivity (Wildman–Crippen MR) is 229 cm³/mol. The van der Waals surface area contributed by atoms with Gasteiger partial charge in [0.1, 0.15) is 41.1 Å². The number of ether oxygens (including phenoxy) is 4. The third-order valence-corrected chi connectivity index (χ3v) is 11.3. The van der Waals surface area contributed by atoms with Crippen LogP contribution < -0.4 is 5.32 Å². The van der Waals surface area contributed by atoms with Crippen LogP contribution in [0.3, 0.4) is 0 Å². The van der Waals surface area contributed by atoms with Crippen LogP contribution in [0.15, 0.2) is 188 Å². The smallest absolute Gasteiger partial charge is 0.164 e. The molecule has 0 radical (unpaired) electrons. The summed E-state index contributed by atoms with van der Waals surface area (Å²) in [5, 5.41) is 3.92. The average Bonchev–Trinajstić information content (AvgIpc) is 3.95. The minimum absolute atomic E-state index is 0.171. The zero-order valence-corrected chi connectivity index (χ0v) is 32.9. The molecule has 0 spiro atoms. The molecule has 59 heavy (non-hydrogen) atoms. The Labute approximate surface area is 344 Å². The molecule has 6 aromatic carbocycles. The highest BCUT2D eigenvalue weighted by atomic mass is 16.6. The van der Waals surface area contributed by atoms with Gasteiger partial charge in [-0.3, -0.25) is 0 Å². The van der Waals surface area contributed by atoms with Crippen LogP contribution in [-0.2, 0) is 30.1 Å². The number of benzene rings is 6. The lowest BCUT2D eigenvalue weighted by Crippen LogP contribution is -2.40. The molecule has 9 rings (SSSR count). The normalized spacial score (nSPS) is 18.2.